The summed E-state index contributed by atoms with van der Waals surface area (Å²) in [5, 5.41) is 10.2. The molecule has 6 nitrogen and oxygen atoms in total. The molecule has 0 amide bonds. The first-order valence-corrected chi connectivity index (χ1v) is 8.25. The molecule has 1 heterocycles. The Morgan fingerprint density at radius 1 is 1.42 bits per heavy atom. The molecule has 106 valence electrons. The largest absolute Gasteiger partial charge is 0.310 e. The molecule has 0 bridgehead atoms. The van der Waals surface area contributed by atoms with E-state index in [0.29, 0.717) is 18.5 Å². The summed E-state index contributed by atoms with van der Waals surface area (Å²) < 4.78 is 27.3. The number of aromatic nitrogens is 2. The molecule has 19 heavy (non-hydrogen) atoms. The highest BCUT2D eigenvalue weighted by Gasteiger charge is 2.38. The highest BCUT2D eigenvalue weighted by Crippen LogP contribution is 2.31. The second kappa shape index (κ2) is 4.57. The van der Waals surface area contributed by atoms with Crippen LogP contribution in [0.2, 0.25) is 0 Å². The average molecular weight is 284 g/mol. The van der Waals surface area contributed by atoms with Crippen LogP contribution < -0.4 is 10.0 Å². The monoisotopic (exact) mass is 284 g/mol. The fourth-order valence-corrected chi connectivity index (χ4v) is 3.69. The molecule has 2 fully saturated rings. The Balaban J connectivity index is 1.78. The number of nitrogens with zero attached hydrogens (tertiary/aromatic N) is 1. The average Bonchev–Trinajstić information content (AvgIpc) is 3.22. The molecule has 3 rings (SSSR count). The maximum absolute atomic E-state index is 12.3. The summed E-state index contributed by atoms with van der Waals surface area (Å²) in [5.41, 5.74) is 1.57. The van der Waals surface area contributed by atoms with Crippen LogP contribution in [0.1, 0.15) is 37.4 Å². The summed E-state index contributed by atoms with van der Waals surface area (Å²) in [7, 11) is -3.50. The molecule has 2 atom stereocenters. The van der Waals surface area contributed by atoms with Gasteiger partial charge in [-0.1, -0.05) is 6.92 Å². The van der Waals surface area contributed by atoms with Crippen molar-refractivity contribution in [3.63, 3.8) is 0 Å². The number of aromatic amines is 1. The second-order valence-electron chi connectivity index (χ2n) is 5.73. The van der Waals surface area contributed by atoms with Crippen molar-refractivity contribution in [1.29, 1.82) is 0 Å². The van der Waals surface area contributed by atoms with E-state index in [-0.39, 0.29) is 11.1 Å². The summed E-state index contributed by atoms with van der Waals surface area (Å²) in [6.07, 6.45) is 3.27. The number of H-pyrrole nitrogens is 1. The molecule has 0 saturated heterocycles. The van der Waals surface area contributed by atoms with Gasteiger partial charge in [-0.05, 0) is 32.1 Å². The molecule has 7 heteroatoms. The molecule has 1 aromatic heterocycles. The summed E-state index contributed by atoms with van der Waals surface area (Å²) >= 11 is 0. The van der Waals surface area contributed by atoms with E-state index >= 15 is 0 Å². The summed E-state index contributed by atoms with van der Waals surface area (Å²) in [4.78, 5) is 0. The van der Waals surface area contributed by atoms with Crippen LogP contribution in [0.4, 0.5) is 0 Å². The second-order valence-corrected chi connectivity index (χ2v) is 7.36. The van der Waals surface area contributed by atoms with Gasteiger partial charge in [0.2, 0.25) is 0 Å². The van der Waals surface area contributed by atoms with Gasteiger partial charge in [-0.2, -0.15) is 5.10 Å². The lowest BCUT2D eigenvalue weighted by Crippen LogP contribution is -2.29. The Morgan fingerprint density at radius 2 is 2.11 bits per heavy atom. The smallest absolute Gasteiger partial charge is 0.260 e. The number of nitrogens with one attached hydrogen (secondary N) is 3. The minimum absolute atomic E-state index is 0.0752. The van der Waals surface area contributed by atoms with Gasteiger partial charge < -0.3 is 5.32 Å². The van der Waals surface area contributed by atoms with Crippen molar-refractivity contribution in [2.24, 2.45) is 5.92 Å². The van der Waals surface area contributed by atoms with Crippen LogP contribution in [-0.2, 0) is 16.6 Å². The molecule has 2 unspecified atom stereocenters. The molecular weight excluding hydrogens is 264 g/mol. The van der Waals surface area contributed by atoms with Crippen LogP contribution in [0.15, 0.2) is 5.03 Å². The minimum Gasteiger partial charge on any atom is -0.310 e. The maximum Gasteiger partial charge on any atom is 0.260 e. The van der Waals surface area contributed by atoms with Gasteiger partial charge in [0.1, 0.15) is 0 Å². The van der Waals surface area contributed by atoms with Gasteiger partial charge in [-0.25, -0.2) is 13.1 Å². The zero-order valence-electron chi connectivity index (χ0n) is 11.2. The molecule has 2 aliphatic carbocycles. The lowest BCUT2D eigenvalue weighted by Gasteiger charge is -2.07. The molecule has 2 saturated carbocycles. The maximum atomic E-state index is 12.3. The summed E-state index contributed by atoms with van der Waals surface area (Å²) in [5.74, 6) is 0.433. The number of aryl methyl sites for hydroxylation is 1. The van der Waals surface area contributed by atoms with Gasteiger partial charge >= 0.3 is 0 Å². The van der Waals surface area contributed by atoms with Crippen LogP contribution in [0, 0.1) is 12.8 Å². The molecular formula is C12H20N4O2S. The summed E-state index contributed by atoms with van der Waals surface area (Å²) in [6.45, 7) is 4.46. The van der Waals surface area contributed by atoms with Gasteiger partial charge in [0.25, 0.3) is 10.0 Å². The third-order valence-corrected chi connectivity index (χ3v) is 5.31. The Kier molecular flexibility index (Phi) is 3.15. The highest BCUT2D eigenvalue weighted by molar-refractivity contribution is 7.89. The third kappa shape index (κ3) is 2.82. The standard InChI is InChI=1S/C12H20N4O2S/c1-7-5-11(7)16-19(17,18)12-10(8(2)14-15-12)6-13-9-3-4-9/h7,9,11,13,16H,3-6H2,1-2H3,(H,14,15). The van der Waals surface area contributed by atoms with Crippen LogP contribution in [0.3, 0.4) is 0 Å². The van der Waals surface area contributed by atoms with Crippen molar-refractivity contribution in [2.45, 2.75) is 56.8 Å². The Hall–Kier alpha value is -0.920. The topological polar surface area (TPSA) is 86.9 Å². The van der Waals surface area contributed by atoms with Crippen molar-refractivity contribution >= 4 is 10.0 Å². The molecule has 0 aliphatic heterocycles. The van der Waals surface area contributed by atoms with E-state index in [0.717, 1.165) is 17.7 Å². The normalized spacial score (nSPS) is 26.6. The Morgan fingerprint density at radius 3 is 2.68 bits per heavy atom. The van der Waals surface area contributed by atoms with E-state index in [1.54, 1.807) is 0 Å². The first-order valence-electron chi connectivity index (χ1n) is 6.77. The van der Waals surface area contributed by atoms with Crippen molar-refractivity contribution in [3.05, 3.63) is 11.3 Å². The fourth-order valence-electron chi connectivity index (χ4n) is 2.14. The van der Waals surface area contributed by atoms with E-state index in [1.807, 2.05) is 13.8 Å². The van der Waals surface area contributed by atoms with Gasteiger partial charge in [0.05, 0.1) is 0 Å². The fraction of sp³-hybridized carbons (Fsp3) is 0.750. The van der Waals surface area contributed by atoms with Crippen LogP contribution in [0.5, 0.6) is 0 Å². The predicted molar refractivity (Wildman–Crippen MR) is 71.1 cm³/mol. The zero-order chi connectivity index (χ0) is 13.6. The van der Waals surface area contributed by atoms with E-state index in [1.165, 1.54) is 12.8 Å². The van der Waals surface area contributed by atoms with Gasteiger partial charge in [0, 0.05) is 29.9 Å². The number of sulfonamides is 1. The van der Waals surface area contributed by atoms with Gasteiger partial charge in [-0.15, -0.1) is 0 Å². The quantitative estimate of drug-likeness (QED) is 0.716. The molecule has 1 aromatic rings. The van der Waals surface area contributed by atoms with Crippen molar-refractivity contribution in [1.82, 2.24) is 20.2 Å². The number of hydrogen-bond donors (Lipinski definition) is 3. The van der Waals surface area contributed by atoms with Crippen molar-refractivity contribution in [2.75, 3.05) is 0 Å². The molecule has 3 N–H and O–H groups in total. The van der Waals surface area contributed by atoms with Gasteiger partial charge in [-0.3, -0.25) is 5.10 Å². The molecule has 2 aliphatic rings. The zero-order valence-corrected chi connectivity index (χ0v) is 12.0. The van der Waals surface area contributed by atoms with E-state index < -0.39 is 10.0 Å². The highest BCUT2D eigenvalue weighted by atomic mass is 32.2. The Labute approximate surface area is 113 Å². The third-order valence-electron chi connectivity index (χ3n) is 3.85. The minimum atomic E-state index is -3.50. The lowest BCUT2D eigenvalue weighted by molar-refractivity contribution is 0.570. The van der Waals surface area contributed by atoms with Crippen LogP contribution in [0.25, 0.3) is 0 Å². The Bertz CT molecular complexity index is 577. The van der Waals surface area contributed by atoms with Crippen molar-refractivity contribution < 1.29 is 8.42 Å². The molecule has 0 aromatic carbocycles. The molecule has 0 spiro atoms. The summed E-state index contributed by atoms with van der Waals surface area (Å²) in [6, 6.07) is 0.618. The van der Waals surface area contributed by atoms with Crippen molar-refractivity contribution in [3.8, 4) is 0 Å². The van der Waals surface area contributed by atoms with Crippen LogP contribution in [-0.4, -0.2) is 30.7 Å². The number of rotatable bonds is 6. The van der Waals surface area contributed by atoms with E-state index in [9.17, 15) is 8.42 Å². The predicted octanol–water partition coefficient (Wildman–Crippen LogP) is 0.657. The first-order chi connectivity index (χ1) is 8.97. The first kappa shape index (κ1) is 13.1. The number of hydrogen-bond acceptors (Lipinski definition) is 4. The van der Waals surface area contributed by atoms with E-state index in [2.05, 4.69) is 20.2 Å². The van der Waals surface area contributed by atoms with Gasteiger partial charge in [0.15, 0.2) is 5.03 Å². The lowest BCUT2D eigenvalue weighted by atomic mass is 10.2. The van der Waals surface area contributed by atoms with E-state index in [4.69, 9.17) is 0 Å². The van der Waals surface area contributed by atoms with Crippen LogP contribution >= 0.6 is 0 Å². The SMILES string of the molecule is Cc1[nH]nc(S(=O)(=O)NC2CC2C)c1CNC1CC1. The molecule has 0 radical (unpaired) electrons.